The van der Waals surface area contributed by atoms with Gasteiger partial charge in [0.25, 0.3) is 9.84 Å². The maximum absolute atomic E-state index is 14.1. The van der Waals surface area contributed by atoms with Crippen LogP contribution in [0.4, 0.5) is 0 Å². The summed E-state index contributed by atoms with van der Waals surface area (Å²) in [6, 6.07) is 6.90. The Hall–Kier alpha value is -1.50. The third kappa shape index (κ3) is 9.76. The molecular weight excluding hydrogens is 538 g/mol. The fourth-order valence-corrected chi connectivity index (χ4v) is 7.53. The highest BCUT2D eigenvalue weighted by Crippen LogP contribution is 2.41. The van der Waals surface area contributed by atoms with Crippen LogP contribution in [0.5, 0.6) is 0 Å². The molecule has 7 nitrogen and oxygen atoms in total. The number of sulfone groups is 1. The van der Waals surface area contributed by atoms with Crippen molar-refractivity contribution in [2.75, 3.05) is 13.2 Å². The molecule has 8 heteroatoms. The molecule has 41 heavy (non-hydrogen) atoms. The zero-order chi connectivity index (χ0) is 30.2. The predicted octanol–water partition coefficient (Wildman–Crippen LogP) is 8.21. The number of hydrogen-bond donors (Lipinski definition) is 0. The summed E-state index contributed by atoms with van der Waals surface area (Å²) in [5.74, 6) is 0. The first-order valence-corrected chi connectivity index (χ1v) is 17.0. The quantitative estimate of drug-likeness (QED) is 0.160. The van der Waals surface area contributed by atoms with Gasteiger partial charge in [-0.2, -0.15) is 0 Å². The van der Waals surface area contributed by atoms with Crippen LogP contribution in [0.15, 0.2) is 29.2 Å². The van der Waals surface area contributed by atoms with Crippen LogP contribution in [-0.2, 0) is 28.8 Å². The summed E-state index contributed by atoms with van der Waals surface area (Å²) in [4.78, 5) is 2.63. The van der Waals surface area contributed by atoms with Crippen LogP contribution in [0, 0.1) is 24.3 Å². The maximum atomic E-state index is 14.1. The van der Waals surface area contributed by atoms with E-state index >= 15 is 0 Å². The second-order valence-electron chi connectivity index (χ2n) is 13.8. The molecule has 3 unspecified atom stereocenters. The van der Waals surface area contributed by atoms with Gasteiger partial charge >= 0.3 is 4.87 Å². The number of hydrogen-bond acceptors (Lipinski definition) is 6. The lowest BCUT2D eigenvalue weighted by molar-refractivity contribution is -0.332. The summed E-state index contributed by atoms with van der Waals surface area (Å²) < 4.78 is 52.7. The summed E-state index contributed by atoms with van der Waals surface area (Å²) in [6.45, 7) is 22.1. The van der Waals surface area contributed by atoms with Crippen molar-refractivity contribution in [1.29, 1.82) is 0 Å². The lowest BCUT2D eigenvalue weighted by Gasteiger charge is -2.39. The minimum absolute atomic E-state index is 0.0632. The molecule has 1 aromatic carbocycles. The normalized spacial score (nSPS) is 23.0. The molecule has 0 N–H and O–H groups in total. The standard InChI is InChI=1S/C33H53NO6S/c1-26-16-18-27(19-17-26)41(35,36)33(34-7,22-12-20-31(2,3)4)23-13-21-32(5,6)30(39-28-14-8-10-24-37-28)40-29-15-9-11-25-38-29/h16-19,28-30H,8-15,20-25H2,1-6H3. The van der Waals surface area contributed by atoms with Crippen molar-refractivity contribution >= 4 is 9.84 Å². The molecule has 0 saturated carbocycles. The Balaban J connectivity index is 1.79. The zero-order valence-corrected chi connectivity index (χ0v) is 27.1. The van der Waals surface area contributed by atoms with Crippen molar-refractivity contribution in [2.45, 2.75) is 147 Å². The number of nitrogens with zero attached hydrogens (tertiary/aromatic N) is 1. The zero-order valence-electron chi connectivity index (χ0n) is 26.2. The van der Waals surface area contributed by atoms with Crippen LogP contribution < -0.4 is 0 Å². The highest BCUT2D eigenvalue weighted by Gasteiger charge is 2.51. The van der Waals surface area contributed by atoms with Crippen LogP contribution in [-0.4, -0.2) is 45.4 Å². The fraction of sp³-hybridized carbons (Fsp3) is 0.788. The fourth-order valence-electron chi connectivity index (χ4n) is 5.65. The van der Waals surface area contributed by atoms with Crippen molar-refractivity contribution in [3.8, 4) is 0 Å². The monoisotopic (exact) mass is 591 g/mol. The lowest BCUT2D eigenvalue weighted by Crippen LogP contribution is -2.43. The van der Waals surface area contributed by atoms with Gasteiger partial charge in [-0.25, -0.2) is 15.0 Å². The molecule has 3 rings (SSSR count). The van der Waals surface area contributed by atoms with E-state index in [9.17, 15) is 8.42 Å². The number of rotatable bonds is 14. The van der Waals surface area contributed by atoms with Gasteiger partial charge in [0, 0.05) is 31.5 Å². The summed E-state index contributed by atoms with van der Waals surface area (Å²) in [7, 11) is -3.89. The van der Waals surface area contributed by atoms with Gasteiger partial charge in [-0.3, -0.25) is 4.85 Å². The van der Waals surface area contributed by atoms with Crippen molar-refractivity contribution in [3.05, 3.63) is 41.2 Å². The topological polar surface area (TPSA) is 75.4 Å². The molecule has 0 bridgehead atoms. The molecule has 232 valence electrons. The first-order chi connectivity index (χ1) is 19.3. The Bertz CT molecular complexity index is 1060. The maximum Gasteiger partial charge on any atom is 0.333 e. The highest BCUT2D eigenvalue weighted by molar-refractivity contribution is 7.93. The van der Waals surface area contributed by atoms with Gasteiger partial charge in [0.1, 0.15) is 0 Å². The molecule has 1 aromatic rings. The third-order valence-electron chi connectivity index (χ3n) is 8.38. The van der Waals surface area contributed by atoms with Gasteiger partial charge in [0.05, 0.1) is 4.90 Å². The van der Waals surface area contributed by atoms with Crippen LogP contribution in [0.25, 0.3) is 4.85 Å². The van der Waals surface area contributed by atoms with E-state index in [1.807, 2.05) is 6.92 Å². The van der Waals surface area contributed by atoms with Crippen LogP contribution >= 0.6 is 0 Å². The SMILES string of the molecule is [C-]#[N+]C(CCCC(C)(C)C)(CCCC(C)(C)C(OC1CCCCO1)OC1CCCCO1)S(=O)(=O)c1ccc(C)cc1. The Morgan fingerprint density at radius 3 is 1.80 bits per heavy atom. The molecule has 2 heterocycles. The molecule has 2 fully saturated rings. The average molecular weight is 592 g/mol. The number of aryl methyl sites for hydroxylation is 1. The van der Waals surface area contributed by atoms with Gasteiger partial charge in [-0.15, -0.1) is 0 Å². The van der Waals surface area contributed by atoms with Crippen molar-refractivity contribution in [2.24, 2.45) is 10.8 Å². The second kappa shape index (κ2) is 14.8. The Labute approximate surface area is 249 Å². The van der Waals surface area contributed by atoms with E-state index in [1.54, 1.807) is 24.3 Å². The second-order valence-corrected chi connectivity index (χ2v) is 16.1. The Morgan fingerprint density at radius 1 is 0.854 bits per heavy atom. The van der Waals surface area contributed by atoms with E-state index in [1.165, 1.54) is 0 Å². The van der Waals surface area contributed by atoms with E-state index in [4.69, 9.17) is 25.5 Å². The Morgan fingerprint density at radius 2 is 1.37 bits per heavy atom. The molecule has 0 spiro atoms. The molecule has 3 atom stereocenters. The Kier molecular flexibility index (Phi) is 12.3. The predicted molar refractivity (Wildman–Crippen MR) is 162 cm³/mol. The first-order valence-electron chi connectivity index (χ1n) is 15.5. The van der Waals surface area contributed by atoms with Crippen LogP contribution in [0.1, 0.15) is 117 Å². The van der Waals surface area contributed by atoms with E-state index in [2.05, 4.69) is 39.5 Å². The molecule has 0 radical (unpaired) electrons. The highest BCUT2D eigenvalue weighted by atomic mass is 32.2. The minimum Gasteiger partial charge on any atom is -0.353 e. The minimum atomic E-state index is -3.89. The van der Waals surface area contributed by atoms with E-state index in [-0.39, 0.29) is 29.3 Å². The smallest absolute Gasteiger partial charge is 0.333 e. The van der Waals surface area contributed by atoms with Crippen LogP contribution in [0.3, 0.4) is 0 Å². The summed E-state index contributed by atoms with van der Waals surface area (Å²) in [5, 5.41) is 0. The molecule has 0 aromatic heterocycles. The van der Waals surface area contributed by atoms with Crippen molar-refractivity contribution < 1.29 is 27.4 Å². The van der Waals surface area contributed by atoms with Gasteiger partial charge in [-0.1, -0.05) is 52.3 Å². The van der Waals surface area contributed by atoms with E-state index < -0.39 is 26.4 Å². The van der Waals surface area contributed by atoms with E-state index in [0.717, 1.165) is 50.5 Å². The number of ether oxygens (including phenoxy) is 4. The molecule has 2 aliphatic rings. The average Bonchev–Trinajstić information content (AvgIpc) is 2.92. The van der Waals surface area contributed by atoms with Crippen molar-refractivity contribution in [1.82, 2.24) is 0 Å². The largest absolute Gasteiger partial charge is 0.353 e. The third-order valence-corrected chi connectivity index (χ3v) is 10.8. The molecule has 0 amide bonds. The van der Waals surface area contributed by atoms with Gasteiger partial charge in [0.2, 0.25) is 0 Å². The molecular formula is C33H53NO6S. The van der Waals surface area contributed by atoms with Gasteiger partial charge in [0.15, 0.2) is 18.9 Å². The van der Waals surface area contributed by atoms with Gasteiger partial charge < -0.3 is 18.9 Å². The van der Waals surface area contributed by atoms with E-state index in [0.29, 0.717) is 38.9 Å². The van der Waals surface area contributed by atoms with Crippen molar-refractivity contribution in [3.63, 3.8) is 0 Å². The molecule has 0 aliphatic carbocycles. The summed E-state index contributed by atoms with van der Waals surface area (Å²) in [5.41, 5.74) is 0.601. The molecule has 2 saturated heterocycles. The van der Waals surface area contributed by atoms with Gasteiger partial charge in [-0.05, 0) is 88.7 Å². The molecule has 2 aliphatic heterocycles. The van der Waals surface area contributed by atoms with Crippen LogP contribution in [0.2, 0.25) is 0 Å². The number of benzene rings is 1. The lowest BCUT2D eigenvalue weighted by atomic mass is 9.84. The first kappa shape index (κ1) is 34.0. The summed E-state index contributed by atoms with van der Waals surface area (Å²) in [6.07, 6.45) is 7.89. The summed E-state index contributed by atoms with van der Waals surface area (Å²) >= 11 is 0.